The highest BCUT2D eigenvalue weighted by atomic mass is 79.9. The summed E-state index contributed by atoms with van der Waals surface area (Å²) in [7, 11) is 0. The lowest BCUT2D eigenvalue weighted by Crippen LogP contribution is -2.33. The molecule has 1 fully saturated rings. The lowest BCUT2D eigenvalue weighted by Gasteiger charge is -2.34. The van der Waals surface area contributed by atoms with Crippen molar-refractivity contribution >= 4 is 21.6 Å². The maximum Gasteiger partial charge on any atom is 0.0489 e. The van der Waals surface area contributed by atoms with Crippen LogP contribution in [0.4, 0.5) is 5.69 Å². The Balaban J connectivity index is 2.06. The fourth-order valence-corrected chi connectivity index (χ4v) is 2.38. The van der Waals surface area contributed by atoms with Crippen molar-refractivity contribution in [3.05, 3.63) is 28.2 Å². The predicted octanol–water partition coefficient (Wildman–Crippen LogP) is 3.97. The van der Waals surface area contributed by atoms with Gasteiger partial charge in [0.05, 0.1) is 0 Å². The monoisotopic (exact) mass is 253 g/mol. The molecule has 1 aliphatic carbocycles. The second kappa shape index (κ2) is 3.93. The summed E-state index contributed by atoms with van der Waals surface area (Å²) in [5, 5.41) is 3.57. The van der Waals surface area contributed by atoms with Gasteiger partial charge in [-0.3, -0.25) is 0 Å². The van der Waals surface area contributed by atoms with E-state index in [2.05, 4.69) is 53.3 Å². The van der Waals surface area contributed by atoms with Gasteiger partial charge in [-0.25, -0.2) is 0 Å². The molecule has 14 heavy (non-hydrogen) atoms. The van der Waals surface area contributed by atoms with Crippen molar-refractivity contribution in [2.24, 2.45) is 5.92 Å². The molecule has 0 amide bonds. The largest absolute Gasteiger partial charge is 0.381 e. The Kier molecular flexibility index (Phi) is 2.82. The van der Waals surface area contributed by atoms with Gasteiger partial charge in [-0.1, -0.05) is 19.1 Å². The van der Waals surface area contributed by atoms with Gasteiger partial charge in [0.2, 0.25) is 0 Å². The molecule has 76 valence electrons. The van der Waals surface area contributed by atoms with Crippen LogP contribution >= 0.6 is 15.9 Å². The maximum absolute atomic E-state index is 3.61. The first kappa shape index (κ1) is 10.0. The summed E-state index contributed by atoms with van der Waals surface area (Å²) in [6.07, 6.45) is 2.61. The summed E-state index contributed by atoms with van der Waals surface area (Å²) in [6.45, 7) is 4.43. The lowest BCUT2D eigenvalue weighted by molar-refractivity contribution is 0.309. The molecule has 1 aromatic rings. The van der Waals surface area contributed by atoms with Crippen molar-refractivity contribution in [2.45, 2.75) is 32.7 Å². The number of benzene rings is 1. The van der Waals surface area contributed by atoms with Gasteiger partial charge in [-0.2, -0.15) is 0 Å². The van der Waals surface area contributed by atoms with Crippen LogP contribution in [0.5, 0.6) is 0 Å². The highest BCUT2D eigenvalue weighted by Gasteiger charge is 2.25. The third-order valence-corrected chi connectivity index (χ3v) is 3.98. The third-order valence-electron chi connectivity index (χ3n) is 2.93. The van der Waals surface area contributed by atoms with Gasteiger partial charge in [0.1, 0.15) is 0 Å². The summed E-state index contributed by atoms with van der Waals surface area (Å²) in [5.74, 6) is 0.899. The van der Waals surface area contributed by atoms with Gasteiger partial charge in [-0.15, -0.1) is 0 Å². The zero-order valence-electron chi connectivity index (χ0n) is 8.68. The van der Waals surface area contributed by atoms with Crippen LogP contribution < -0.4 is 5.32 Å². The summed E-state index contributed by atoms with van der Waals surface area (Å²) >= 11 is 3.61. The lowest BCUT2D eigenvalue weighted by atomic mass is 9.82. The molecule has 0 aromatic heterocycles. The first-order valence-electron chi connectivity index (χ1n) is 5.18. The van der Waals surface area contributed by atoms with E-state index in [1.807, 2.05) is 0 Å². The molecule has 0 radical (unpaired) electrons. The summed E-state index contributed by atoms with van der Waals surface area (Å²) in [5.41, 5.74) is 2.53. The fraction of sp³-hybridized carbons (Fsp3) is 0.500. The number of anilines is 1. The zero-order chi connectivity index (χ0) is 10.1. The average molecular weight is 254 g/mol. The molecule has 0 aliphatic heterocycles. The Morgan fingerprint density at radius 2 is 2.07 bits per heavy atom. The van der Waals surface area contributed by atoms with E-state index in [0.717, 1.165) is 5.92 Å². The van der Waals surface area contributed by atoms with Crippen molar-refractivity contribution in [1.82, 2.24) is 0 Å². The molecule has 0 bridgehead atoms. The van der Waals surface area contributed by atoms with Crippen molar-refractivity contribution in [1.29, 1.82) is 0 Å². The number of nitrogens with one attached hydrogen (secondary N) is 1. The van der Waals surface area contributed by atoms with Gasteiger partial charge in [0.15, 0.2) is 0 Å². The molecule has 1 aromatic carbocycles. The quantitative estimate of drug-likeness (QED) is 0.842. The first-order chi connectivity index (χ1) is 6.66. The molecule has 2 heteroatoms. The van der Waals surface area contributed by atoms with Gasteiger partial charge >= 0.3 is 0 Å². The Bertz CT molecular complexity index is 329. The van der Waals surface area contributed by atoms with Crippen LogP contribution in [-0.4, -0.2) is 6.04 Å². The number of aryl methyl sites for hydroxylation is 1. The summed E-state index contributed by atoms with van der Waals surface area (Å²) < 4.78 is 1.21. The standard InChI is InChI=1S/C12H16BrN/c1-8-6-10(7-8)14-11-5-3-4-9(2)12(11)13/h3-5,8,10,14H,6-7H2,1-2H3. The van der Waals surface area contributed by atoms with E-state index in [9.17, 15) is 0 Å². The highest BCUT2D eigenvalue weighted by Crippen LogP contribution is 2.33. The summed E-state index contributed by atoms with van der Waals surface area (Å²) in [4.78, 5) is 0. The molecular formula is C12H16BrN. The Labute approximate surface area is 94.0 Å². The van der Waals surface area contributed by atoms with Crippen molar-refractivity contribution < 1.29 is 0 Å². The van der Waals surface area contributed by atoms with E-state index >= 15 is 0 Å². The van der Waals surface area contributed by atoms with Crippen molar-refractivity contribution in [3.63, 3.8) is 0 Å². The number of rotatable bonds is 2. The van der Waals surface area contributed by atoms with Crippen LogP contribution in [-0.2, 0) is 0 Å². The molecule has 1 aliphatic rings. The Morgan fingerprint density at radius 3 is 2.71 bits per heavy atom. The smallest absolute Gasteiger partial charge is 0.0489 e. The Morgan fingerprint density at radius 1 is 1.36 bits per heavy atom. The van der Waals surface area contributed by atoms with Crippen molar-refractivity contribution in [3.8, 4) is 0 Å². The zero-order valence-corrected chi connectivity index (χ0v) is 10.3. The number of hydrogen-bond donors (Lipinski definition) is 1. The SMILES string of the molecule is Cc1cccc(NC2CC(C)C2)c1Br. The van der Waals surface area contributed by atoms with Gasteiger partial charge in [-0.05, 0) is 53.2 Å². The maximum atomic E-state index is 3.61. The first-order valence-corrected chi connectivity index (χ1v) is 5.98. The van der Waals surface area contributed by atoms with Crippen LogP contribution in [0, 0.1) is 12.8 Å². The number of halogens is 1. The van der Waals surface area contributed by atoms with E-state index in [1.165, 1.54) is 28.6 Å². The van der Waals surface area contributed by atoms with Crippen LogP contribution in [0.15, 0.2) is 22.7 Å². The molecule has 0 spiro atoms. The molecule has 1 nitrogen and oxygen atoms in total. The second-order valence-electron chi connectivity index (χ2n) is 4.35. The van der Waals surface area contributed by atoms with Gasteiger partial charge < -0.3 is 5.32 Å². The molecule has 0 atom stereocenters. The van der Waals surface area contributed by atoms with Gasteiger partial charge in [0.25, 0.3) is 0 Å². The topological polar surface area (TPSA) is 12.0 Å². The normalized spacial score (nSPS) is 25.6. The van der Waals surface area contributed by atoms with E-state index in [4.69, 9.17) is 0 Å². The average Bonchev–Trinajstić information content (AvgIpc) is 2.10. The minimum Gasteiger partial charge on any atom is -0.381 e. The van der Waals surface area contributed by atoms with Crippen LogP contribution in [0.2, 0.25) is 0 Å². The predicted molar refractivity (Wildman–Crippen MR) is 64.7 cm³/mol. The fourth-order valence-electron chi connectivity index (χ4n) is 2.00. The molecule has 1 N–H and O–H groups in total. The molecule has 1 saturated carbocycles. The van der Waals surface area contributed by atoms with E-state index < -0.39 is 0 Å². The molecule has 0 unspecified atom stereocenters. The highest BCUT2D eigenvalue weighted by molar-refractivity contribution is 9.10. The van der Waals surface area contributed by atoms with Crippen LogP contribution in [0.3, 0.4) is 0 Å². The minimum absolute atomic E-state index is 0.683. The molecule has 2 rings (SSSR count). The van der Waals surface area contributed by atoms with Crippen LogP contribution in [0.25, 0.3) is 0 Å². The minimum atomic E-state index is 0.683. The van der Waals surface area contributed by atoms with E-state index in [1.54, 1.807) is 0 Å². The van der Waals surface area contributed by atoms with Crippen LogP contribution in [0.1, 0.15) is 25.3 Å². The molecular weight excluding hydrogens is 238 g/mol. The van der Waals surface area contributed by atoms with Crippen molar-refractivity contribution in [2.75, 3.05) is 5.32 Å². The molecule has 0 heterocycles. The third kappa shape index (κ3) is 1.95. The molecule has 0 saturated heterocycles. The Hall–Kier alpha value is -0.500. The van der Waals surface area contributed by atoms with Gasteiger partial charge in [0, 0.05) is 16.2 Å². The number of hydrogen-bond acceptors (Lipinski definition) is 1. The second-order valence-corrected chi connectivity index (χ2v) is 5.15. The summed E-state index contributed by atoms with van der Waals surface area (Å²) in [6, 6.07) is 7.05. The van der Waals surface area contributed by atoms with E-state index in [-0.39, 0.29) is 0 Å². The van der Waals surface area contributed by atoms with E-state index in [0.29, 0.717) is 6.04 Å².